The van der Waals surface area contributed by atoms with Crippen molar-refractivity contribution in [1.29, 1.82) is 0 Å². The van der Waals surface area contributed by atoms with E-state index in [0.29, 0.717) is 6.10 Å². The van der Waals surface area contributed by atoms with Gasteiger partial charge in [-0.15, -0.1) is 0 Å². The molecular formula is C12H20O3. The smallest absolute Gasteiger partial charge is 0.312 e. The van der Waals surface area contributed by atoms with Gasteiger partial charge in [0.1, 0.15) is 5.60 Å². The van der Waals surface area contributed by atoms with Crippen LogP contribution < -0.4 is 0 Å². The summed E-state index contributed by atoms with van der Waals surface area (Å²) >= 11 is 0. The molecule has 2 bridgehead atoms. The molecular weight excluding hydrogens is 192 g/mol. The molecule has 2 saturated heterocycles. The molecule has 0 spiro atoms. The fourth-order valence-electron chi connectivity index (χ4n) is 2.31. The predicted molar refractivity (Wildman–Crippen MR) is 56.5 cm³/mol. The summed E-state index contributed by atoms with van der Waals surface area (Å²) in [6.07, 6.45) is 4.30. The molecule has 3 nitrogen and oxygen atoms in total. The Morgan fingerprint density at radius 2 is 2.20 bits per heavy atom. The zero-order valence-electron chi connectivity index (χ0n) is 9.79. The van der Waals surface area contributed by atoms with Crippen LogP contribution in [-0.4, -0.2) is 23.8 Å². The first-order valence-corrected chi connectivity index (χ1v) is 5.90. The highest BCUT2D eigenvalue weighted by Gasteiger charge is 2.46. The van der Waals surface area contributed by atoms with Crippen molar-refractivity contribution in [2.75, 3.05) is 0 Å². The maximum Gasteiger partial charge on any atom is 0.312 e. The molecule has 3 atom stereocenters. The maximum atomic E-state index is 11.9. The van der Waals surface area contributed by atoms with Crippen LogP contribution in [-0.2, 0) is 14.3 Å². The van der Waals surface area contributed by atoms with E-state index >= 15 is 0 Å². The third kappa shape index (κ3) is 2.17. The standard InChI is InChI=1S/C12H20O3/c1-4-12(2,3)15-11(13)9-7-8-5-6-10(9)14-8/h8-10H,4-7H2,1-3H3. The number of hydrogen-bond acceptors (Lipinski definition) is 3. The van der Waals surface area contributed by atoms with E-state index in [-0.39, 0.29) is 23.6 Å². The van der Waals surface area contributed by atoms with Gasteiger partial charge in [-0.05, 0) is 39.5 Å². The molecule has 2 rings (SSSR count). The number of rotatable bonds is 3. The van der Waals surface area contributed by atoms with Crippen molar-refractivity contribution in [1.82, 2.24) is 0 Å². The first-order valence-electron chi connectivity index (χ1n) is 5.90. The molecule has 2 aliphatic rings. The molecule has 0 aromatic rings. The van der Waals surface area contributed by atoms with Crippen molar-refractivity contribution in [3.8, 4) is 0 Å². The van der Waals surface area contributed by atoms with Gasteiger partial charge in [-0.2, -0.15) is 0 Å². The SMILES string of the molecule is CCC(C)(C)OC(=O)C1CC2CCC1O2. The van der Waals surface area contributed by atoms with Crippen LogP contribution >= 0.6 is 0 Å². The van der Waals surface area contributed by atoms with Gasteiger partial charge in [0.05, 0.1) is 18.1 Å². The molecule has 86 valence electrons. The quantitative estimate of drug-likeness (QED) is 0.673. The topological polar surface area (TPSA) is 35.5 Å². The lowest BCUT2D eigenvalue weighted by molar-refractivity contribution is -0.163. The monoisotopic (exact) mass is 212 g/mol. The van der Waals surface area contributed by atoms with Crippen molar-refractivity contribution >= 4 is 5.97 Å². The molecule has 3 heteroatoms. The molecule has 0 radical (unpaired) electrons. The Hall–Kier alpha value is -0.570. The minimum Gasteiger partial charge on any atom is -0.459 e. The van der Waals surface area contributed by atoms with E-state index in [1.807, 2.05) is 20.8 Å². The molecule has 0 N–H and O–H groups in total. The van der Waals surface area contributed by atoms with Gasteiger partial charge in [-0.1, -0.05) is 6.92 Å². The highest BCUT2D eigenvalue weighted by molar-refractivity contribution is 5.74. The summed E-state index contributed by atoms with van der Waals surface area (Å²) in [5, 5.41) is 0. The minimum absolute atomic E-state index is 0.00502. The number of carbonyl (C=O) groups excluding carboxylic acids is 1. The average Bonchev–Trinajstić information content (AvgIpc) is 2.78. The Labute approximate surface area is 91.1 Å². The fraction of sp³-hybridized carbons (Fsp3) is 0.917. The molecule has 0 saturated carbocycles. The van der Waals surface area contributed by atoms with E-state index in [1.54, 1.807) is 0 Å². The van der Waals surface area contributed by atoms with Gasteiger partial charge in [0.2, 0.25) is 0 Å². The molecule has 2 fully saturated rings. The highest BCUT2D eigenvalue weighted by Crippen LogP contribution is 2.39. The molecule has 0 aromatic heterocycles. The van der Waals surface area contributed by atoms with Crippen molar-refractivity contribution in [2.45, 2.75) is 64.3 Å². The van der Waals surface area contributed by atoms with E-state index in [9.17, 15) is 4.79 Å². The summed E-state index contributed by atoms with van der Waals surface area (Å²) in [4.78, 5) is 11.9. The number of carbonyl (C=O) groups is 1. The number of esters is 1. The van der Waals surface area contributed by atoms with Crippen LogP contribution in [0.25, 0.3) is 0 Å². The Bertz CT molecular complexity index is 260. The Balaban J connectivity index is 1.92. The molecule has 15 heavy (non-hydrogen) atoms. The number of ether oxygens (including phenoxy) is 2. The van der Waals surface area contributed by atoms with Crippen LogP contribution in [0.15, 0.2) is 0 Å². The van der Waals surface area contributed by atoms with Crippen LogP contribution in [0.2, 0.25) is 0 Å². The summed E-state index contributed by atoms with van der Waals surface area (Å²) in [6, 6.07) is 0. The summed E-state index contributed by atoms with van der Waals surface area (Å²) in [5.74, 6) is -0.0661. The largest absolute Gasteiger partial charge is 0.459 e. The van der Waals surface area contributed by atoms with Gasteiger partial charge in [0.15, 0.2) is 0 Å². The molecule has 0 aromatic carbocycles. The summed E-state index contributed by atoms with van der Waals surface area (Å²) in [7, 11) is 0. The normalized spacial score (nSPS) is 34.5. The molecule has 2 aliphatic heterocycles. The second-order valence-corrected chi connectivity index (χ2v) is 5.25. The van der Waals surface area contributed by atoms with Crippen LogP contribution in [0.1, 0.15) is 46.5 Å². The third-order valence-corrected chi connectivity index (χ3v) is 3.64. The molecule has 0 amide bonds. The Kier molecular flexibility index (Phi) is 2.75. The van der Waals surface area contributed by atoms with E-state index in [0.717, 1.165) is 25.7 Å². The van der Waals surface area contributed by atoms with Gasteiger partial charge >= 0.3 is 5.97 Å². The third-order valence-electron chi connectivity index (χ3n) is 3.64. The lowest BCUT2D eigenvalue weighted by atomic mass is 9.89. The number of fused-ring (bicyclic) bond motifs is 2. The van der Waals surface area contributed by atoms with E-state index in [4.69, 9.17) is 9.47 Å². The minimum atomic E-state index is -0.334. The van der Waals surface area contributed by atoms with E-state index in [2.05, 4.69) is 0 Å². The first kappa shape index (κ1) is 10.9. The van der Waals surface area contributed by atoms with Crippen molar-refractivity contribution < 1.29 is 14.3 Å². The van der Waals surface area contributed by atoms with Crippen LogP contribution in [0, 0.1) is 5.92 Å². The van der Waals surface area contributed by atoms with Crippen LogP contribution in [0.5, 0.6) is 0 Å². The summed E-state index contributed by atoms with van der Waals surface area (Å²) < 4.78 is 11.2. The number of hydrogen-bond donors (Lipinski definition) is 0. The Morgan fingerprint density at radius 1 is 1.47 bits per heavy atom. The lowest BCUT2D eigenvalue weighted by Crippen LogP contribution is -2.34. The van der Waals surface area contributed by atoms with E-state index in [1.165, 1.54) is 0 Å². The fourth-order valence-corrected chi connectivity index (χ4v) is 2.31. The maximum absolute atomic E-state index is 11.9. The molecule has 2 heterocycles. The van der Waals surface area contributed by atoms with Gasteiger partial charge in [0.25, 0.3) is 0 Å². The Morgan fingerprint density at radius 3 is 2.67 bits per heavy atom. The van der Waals surface area contributed by atoms with Gasteiger partial charge in [-0.25, -0.2) is 0 Å². The summed E-state index contributed by atoms with van der Waals surface area (Å²) in [6.45, 7) is 5.95. The van der Waals surface area contributed by atoms with Gasteiger partial charge in [0, 0.05) is 0 Å². The van der Waals surface area contributed by atoms with E-state index < -0.39 is 0 Å². The zero-order valence-corrected chi connectivity index (χ0v) is 9.79. The van der Waals surface area contributed by atoms with Gasteiger partial charge < -0.3 is 9.47 Å². The lowest BCUT2D eigenvalue weighted by Gasteiger charge is -2.27. The summed E-state index contributed by atoms with van der Waals surface area (Å²) in [5.41, 5.74) is -0.334. The molecule has 3 unspecified atom stereocenters. The molecule has 0 aliphatic carbocycles. The van der Waals surface area contributed by atoms with Crippen LogP contribution in [0.4, 0.5) is 0 Å². The highest BCUT2D eigenvalue weighted by atomic mass is 16.6. The first-order chi connectivity index (χ1) is 7.02. The van der Waals surface area contributed by atoms with Crippen molar-refractivity contribution in [2.24, 2.45) is 5.92 Å². The zero-order chi connectivity index (χ0) is 11.1. The predicted octanol–water partition coefficient (Wildman–Crippen LogP) is 2.29. The van der Waals surface area contributed by atoms with Gasteiger partial charge in [-0.3, -0.25) is 4.79 Å². The second kappa shape index (κ2) is 3.78. The average molecular weight is 212 g/mol. The van der Waals surface area contributed by atoms with Crippen molar-refractivity contribution in [3.05, 3.63) is 0 Å². The van der Waals surface area contributed by atoms with Crippen molar-refractivity contribution in [3.63, 3.8) is 0 Å². The van der Waals surface area contributed by atoms with Crippen LogP contribution in [0.3, 0.4) is 0 Å². The second-order valence-electron chi connectivity index (χ2n) is 5.25.